The summed E-state index contributed by atoms with van der Waals surface area (Å²) in [7, 11) is 0. The van der Waals surface area contributed by atoms with Crippen LogP contribution in [-0.2, 0) is 5.41 Å². The summed E-state index contributed by atoms with van der Waals surface area (Å²) in [6.45, 7) is 4.72. The van der Waals surface area contributed by atoms with Crippen molar-refractivity contribution in [2.45, 2.75) is 19.3 Å². The van der Waals surface area contributed by atoms with Crippen molar-refractivity contribution < 1.29 is 0 Å². The van der Waals surface area contributed by atoms with Gasteiger partial charge in [-0.3, -0.25) is 0 Å². The van der Waals surface area contributed by atoms with E-state index in [2.05, 4.69) is 205 Å². The van der Waals surface area contributed by atoms with Crippen LogP contribution in [0.3, 0.4) is 0 Å². The van der Waals surface area contributed by atoms with Gasteiger partial charge >= 0.3 is 0 Å². The van der Waals surface area contributed by atoms with E-state index in [4.69, 9.17) is 0 Å². The molecule has 0 unspecified atom stereocenters. The number of hydrogen-bond donors (Lipinski definition) is 0. The summed E-state index contributed by atoms with van der Waals surface area (Å²) in [5, 5.41) is 4.92. The summed E-state index contributed by atoms with van der Waals surface area (Å²) in [4.78, 5) is 2.48. The molecule has 9 aromatic rings. The van der Waals surface area contributed by atoms with Gasteiger partial charge in [-0.25, -0.2) is 0 Å². The molecule has 1 aliphatic carbocycles. The third-order valence-electron chi connectivity index (χ3n) is 11.0. The number of rotatable bonds is 5. The first kappa shape index (κ1) is 29.5. The molecular formula is C49H36N2. The Morgan fingerprint density at radius 3 is 1.92 bits per heavy atom. The molecule has 242 valence electrons. The van der Waals surface area contributed by atoms with E-state index in [1.165, 1.54) is 66.0 Å². The maximum absolute atomic E-state index is 2.48. The summed E-state index contributed by atoms with van der Waals surface area (Å²) < 4.78 is 2.41. The molecule has 0 aliphatic heterocycles. The Morgan fingerprint density at radius 2 is 1.04 bits per heavy atom. The maximum atomic E-state index is 2.48. The Kier molecular flexibility index (Phi) is 6.56. The summed E-state index contributed by atoms with van der Waals surface area (Å²) in [6.07, 6.45) is 0. The van der Waals surface area contributed by atoms with E-state index in [9.17, 15) is 0 Å². The number of para-hydroxylation sites is 3. The van der Waals surface area contributed by atoms with Crippen LogP contribution in [-0.4, -0.2) is 4.57 Å². The van der Waals surface area contributed by atoms with Crippen LogP contribution in [0.15, 0.2) is 182 Å². The van der Waals surface area contributed by atoms with Crippen molar-refractivity contribution in [2.75, 3.05) is 4.90 Å². The Bertz CT molecular complexity index is 2780. The fraction of sp³-hybridized carbons (Fsp3) is 0.0612. The second-order valence-corrected chi connectivity index (χ2v) is 14.1. The third kappa shape index (κ3) is 4.43. The molecule has 1 aliphatic rings. The Hall–Kier alpha value is -6.38. The third-order valence-corrected chi connectivity index (χ3v) is 11.0. The highest BCUT2D eigenvalue weighted by Crippen LogP contribution is 2.54. The van der Waals surface area contributed by atoms with E-state index in [1.54, 1.807) is 0 Å². The van der Waals surface area contributed by atoms with Gasteiger partial charge in [-0.2, -0.15) is 0 Å². The van der Waals surface area contributed by atoms with Crippen LogP contribution in [0.5, 0.6) is 0 Å². The maximum Gasteiger partial charge on any atom is 0.0561 e. The van der Waals surface area contributed by atoms with E-state index in [0.717, 1.165) is 22.7 Å². The molecule has 0 saturated carbocycles. The van der Waals surface area contributed by atoms with Crippen molar-refractivity contribution in [1.29, 1.82) is 0 Å². The van der Waals surface area contributed by atoms with Crippen LogP contribution in [0.4, 0.5) is 17.1 Å². The average Bonchev–Trinajstić information content (AvgIpc) is 3.64. The standard InChI is InChI=1S/C49H36N2/c1-49(2)42-25-11-8-23-41(42)48-40(24-15-26-43(48)49)38-22-10-13-28-46(38)51(44-29-14-17-33-16-6-7-20-36(33)44)35-30-31-39-37-21-9-12-27-45(37)50(47(39)32-35)34-18-4-3-5-19-34/h3-32H,1-2H3. The highest BCUT2D eigenvalue weighted by atomic mass is 15.1. The van der Waals surface area contributed by atoms with Crippen molar-refractivity contribution in [3.63, 3.8) is 0 Å². The average molecular weight is 653 g/mol. The molecule has 0 amide bonds. The van der Waals surface area contributed by atoms with E-state index in [-0.39, 0.29) is 5.41 Å². The van der Waals surface area contributed by atoms with Gasteiger partial charge < -0.3 is 9.47 Å². The minimum atomic E-state index is -0.0813. The van der Waals surface area contributed by atoms with E-state index in [1.807, 2.05) is 0 Å². The first-order chi connectivity index (χ1) is 25.1. The molecule has 8 aromatic carbocycles. The van der Waals surface area contributed by atoms with Crippen LogP contribution < -0.4 is 4.90 Å². The molecule has 0 spiro atoms. The quantitative estimate of drug-likeness (QED) is 0.180. The minimum Gasteiger partial charge on any atom is -0.309 e. The van der Waals surface area contributed by atoms with Crippen LogP contribution in [0.1, 0.15) is 25.0 Å². The lowest BCUT2D eigenvalue weighted by Crippen LogP contribution is -2.15. The predicted octanol–water partition coefficient (Wildman–Crippen LogP) is 13.4. The number of benzene rings is 8. The minimum absolute atomic E-state index is 0.0813. The van der Waals surface area contributed by atoms with Gasteiger partial charge in [-0.05, 0) is 75.7 Å². The second-order valence-electron chi connectivity index (χ2n) is 14.1. The highest BCUT2D eigenvalue weighted by Gasteiger charge is 2.37. The van der Waals surface area contributed by atoms with Crippen molar-refractivity contribution in [3.05, 3.63) is 193 Å². The fourth-order valence-electron chi connectivity index (χ4n) is 8.64. The van der Waals surface area contributed by atoms with Crippen molar-refractivity contribution in [2.24, 2.45) is 0 Å². The van der Waals surface area contributed by atoms with E-state index < -0.39 is 0 Å². The molecule has 0 fully saturated rings. The lowest BCUT2D eigenvalue weighted by molar-refractivity contribution is 0.660. The Labute approximate surface area is 298 Å². The SMILES string of the molecule is CC1(C)c2ccccc2-c2c(-c3ccccc3N(c3ccc4c5ccccc5n(-c5ccccc5)c4c3)c3cccc4ccccc34)cccc21. The van der Waals surface area contributed by atoms with Crippen molar-refractivity contribution in [1.82, 2.24) is 4.57 Å². The molecular weight excluding hydrogens is 617 g/mol. The van der Waals surface area contributed by atoms with Crippen LogP contribution >= 0.6 is 0 Å². The molecule has 10 rings (SSSR count). The molecule has 1 aromatic heterocycles. The Morgan fingerprint density at radius 1 is 0.431 bits per heavy atom. The summed E-state index contributed by atoms with van der Waals surface area (Å²) in [5.41, 5.74) is 14.7. The highest BCUT2D eigenvalue weighted by molar-refractivity contribution is 6.11. The van der Waals surface area contributed by atoms with Crippen LogP contribution in [0.25, 0.3) is 60.5 Å². The normalized spacial score (nSPS) is 13.1. The first-order valence-corrected chi connectivity index (χ1v) is 17.8. The van der Waals surface area contributed by atoms with Gasteiger partial charge in [-0.1, -0.05) is 153 Å². The zero-order valence-electron chi connectivity index (χ0n) is 28.7. The smallest absolute Gasteiger partial charge is 0.0561 e. The first-order valence-electron chi connectivity index (χ1n) is 17.8. The second kappa shape index (κ2) is 11.3. The molecule has 0 radical (unpaired) electrons. The van der Waals surface area contributed by atoms with Gasteiger partial charge in [0, 0.05) is 38.5 Å². The van der Waals surface area contributed by atoms with Crippen LogP contribution in [0, 0.1) is 0 Å². The van der Waals surface area contributed by atoms with Gasteiger partial charge in [-0.15, -0.1) is 0 Å². The van der Waals surface area contributed by atoms with E-state index in [0.29, 0.717) is 0 Å². The van der Waals surface area contributed by atoms with Crippen LogP contribution in [0.2, 0.25) is 0 Å². The predicted molar refractivity (Wildman–Crippen MR) is 216 cm³/mol. The molecule has 1 heterocycles. The zero-order chi connectivity index (χ0) is 34.1. The van der Waals surface area contributed by atoms with Gasteiger partial charge in [0.15, 0.2) is 0 Å². The number of nitrogens with zero attached hydrogens (tertiary/aromatic N) is 2. The number of aromatic nitrogens is 1. The number of hydrogen-bond acceptors (Lipinski definition) is 1. The van der Waals surface area contributed by atoms with Gasteiger partial charge in [0.05, 0.1) is 22.4 Å². The van der Waals surface area contributed by atoms with E-state index >= 15 is 0 Å². The molecule has 2 heteroatoms. The lowest BCUT2D eigenvalue weighted by atomic mass is 9.82. The van der Waals surface area contributed by atoms with Gasteiger partial charge in [0.2, 0.25) is 0 Å². The molecule has 0 N–H and O–H groups in total. The molecule has 51 heavy (non-hydrogen) atoms. The summed E-state index contributed by atoms with van der Waals surface area (Å²) >= 11 is 0. The monoisotopic (exact) mass is 652 g/mol. The molecule has 0 bridgehead atoms. The topological polar surface area (TPSA) is 8.17 Å². The largest absolute Gasteiger partial charge is 0.309 e. The Balaban J connectivity index is 1.28. The number of anilines is 3. The summed E-state index contributed by atoms with van der Waals surface area (Å²) in [5.74, 6) is 0. The number of fused-ring (bicyclic) bond motifs is 7. The molecule has 2 nitrogen and oxygen atoms in total. The van der Waals surface area contributed by atoms with Gasteiger partial charge in [0.25, 0.3) is 0 Å². The van der Waals surface area contributed by atoms with Gasteiger partial charge in [0.1, 0.15) is 0 Å². The molecule has 0 saturated heterocycles. The summed E-state index contributed by atoms with van der Waals surface area (Å²) in [6, 6.07) is 66.7. The lowest BCUT2D eigenvalue weighted by Gasteiger charge is -2.30. The molecule has 0 atom stereocenters. The zero-order valence-corrected chi connectivity index (χ0v) is 28.7. The van der Waals surface area contributed by atoms with Crippen molar-refractivity contribution >= 4 is 49.6 Å². The fourth-order valence-corrected chi connectivity index (χ4v) is 8.64. The van der Waals surface area contributed by atoms with Crippen molar-refractivity contribution in [3.8, 4) is 27.9 Å².